The standard InChI is InChI=1S/C18H26N2O3/c1-14(2)17(20-12-6-10-19-11-9-16(20)21)18(22)23-13-15-7-4-3-5-8-15/h3-5,7-8,14,17,19H,6,9-13H2,1-2H3/t17-/m0/s1. The van der Waals surface area contributed by atoms with Gasteiger partial charge in [0.15, 0.2) is 0 Å². The fourth-order valence-electron chi connectivity index (χ4n) is 2.83. The van der Waals surface area contributed by atoms with Gasteiger partial charge in [0.2, 0.25) is 5.91 Å². The van der Waals surface area contributed by atoms with Crippen LogP contribution in [0.15, 0.2) is 30.3 Å². The Balaban J connectivity index is 2.03. The van der Waals surface area contributed by atoms with Crippen LogP contribution in [0.25, 0.3) is 0 Å². The predicted octanol–water partition coefficient (Wildman–Crippen LogP) is 1.97. The number of nitrogens with zero attached hydrogens (tertiary/aromatic N) is 1. The van der Waals surface area contributed by atoms with Crippen LogP contribution in [0.2, 0.25) is 0 Å². The van der Waals surface area contributed by atoms with Crippen molar-refractivity contribution in [1.29, 1.82) is 0 Å². The number of ether oxygens (including phenoxy) is 1. The largest absolute Gasteiger partial charge is 0.459 e. The molecule has 0 spiro atoms. The molecule has 0 unspecified atom stereocenters. The maximum Gasteiger partial charge on any atom is 0.329 e. The van der Waals surface area contributed by atoms with Gasteiger partial charge in [-0.05, 0) is 24.4 Å². The van der Waals surface area contributed by atoms with E-state index in [0.29, 0.717) is 19.5 Å². The minimum atomic E-state index is -0.510. The van der Waals surface area contributed by atoms with Crippen LogP contribution in [-0.4, -0.2) is 42.5 Å². The van der Waals surface area contributed by atoms with Gasteiger partial charge in [-0.1, -0.05) is 44.2 Å². The van der Waals surface area contributed by atoms with Gasteiger partial charge < -0.3 is 15.0 Å². The third-order valence-electron chi connectivity index (χ3n) is 4.02. The van der Waals surface area contributed by atoms with Crippen molar-refractivity contribution in [3.05, 3.63) is 35.9 Å². The van der Waals surface area contributed by atoms with Crippen molar-refractivity contribution in [2.24, 2.45) is 5.92 Å². The molecule has 0 saturated carbocycles. The van der Waals surface area contributed by atoms with Gasteiger partial charge in [0.25, 0.3) is 0 Å². The number of esters is 1. The van der Waals surface area contributed by atoms with Crippen molar-refractivity contribution in [2.75, 3.05) is 19.6 Å². The van der Waals surface area contributed by atoms with Crippen LogP contribution >= 0.6 is 0 Å². The van der Waals surface area contributed by atoms with E-state index in [2.05, 4.69) is 5.32 Å². The minimum absolute atomic E-state index is 0.0209. The highest BCUT2D eigenvalue weighted by Gasteiger charge is 2.33. The Labute approximate surface area is 138 Å². The molecule has 5 nitrogen and oxygen atoms in total. The molecule has 1 atom stereocenters. The van der Waals surface area contributed by atoms with Gasteiger partial charge in [-0.25, -0.2) is 4.79 Å². The summed E-state index contributed by atoms with van der Waals surface area (Å²) in [5.41, 5.74) is 0.951. The molecule has 0 radical (unpaired) electrons. The summed E-state index contributed by atoms with van der Waals surface area (Å²) in [6.07, 6.45) is 1.27. The molecule has 1 amide bonds. The minimum Gasteiger partial charge on any atom is -0.459 e. The lowest BCUT2D eigenvalue weighted by atomic mass is 10.0. The molecular weight excluding hydrogens is 292 g/mol. The Hall–Kier alpha value is -1.88. The van der Waals surface area contributed by atoms with Crippen molar-refractivity contribution in [3.63, 3.8) is 0 Å². The molecule has 1 heterocycles. The van der Waals surface area contributed by atoms with E-state index < -0.39 is 6.04 Å². The molecule has 126 valence electrons. The number of rotatable bonds is 5. The maximum atomic E-state index is 12.6. The summed E-state index contributed by atoms with van der Waals surface area (Å²) < 4.78 is 5.48. The smallest absolute Gasteiger partial charge is 0.329 e. The first kappa shape index (κ1) is 17.5. The van der Waals surface area contributed by atoms with E-state index in [1.807, 2.05) is 44.2 Å². The van der Waals surface area contributed by atoms with Gasteiger partial charge in [-0.3, -0.25) is 4.79 Å². The van der Waals surface area contributed by atoms with Crippen LogP contribution in [0, 0.1) is 5.92 Å². The molecule has 1 saturated heterocycles. The zero-order chi connectivity index (χ0) is 16.7. The number of nitrogens with one attached hydrogen (secondary N) is 1. The molecule has 1 fully saturated rings. The molecular formula is C18H26N2O3. The lowest BCUT2D eigenvalue weighted by Gasteiger charge is -2.34. The number of hydrogen-bond donors (Lipinski definition) is 1. The number of carbonyl (C=O) groups is 2. The van der Waals surface area contributed by atoms with E-state index in [4.69, 9.17) is 4.74 Å². The summed E-state index contributed by atoms with van der Waals surface area (Å²) in [6.45, 7) is 6.28. The summed E-state index contributed by atoms with van der Waals surface area (Å²) >= 11 is 0. The molecule has 1 aliphatic heterocycles. The van der Waals surface area contributed by atoms with Crippen molar-refractivity contribution in [3.8, 4) is 0 Å². The highest BCUT2D eigenvalue weighted by Crippen LogP contribution is 2.16. The Morgan fingerprint density at radius 2 is 2.00 bits per heavy atom. The first-order valence-electron chi connectivity index (χ1n) is 8.30. The number of carbonyl (C=O) groups excluding carboxylic acids is 2. The Bertz CT molecular complexity index is 516. The van der Waals surface area contributed by atoms with Crippen LogP contribution in [0.4, 0.5) is 0 Å². The molecule has 1 N–H and O–H groups in total. The fraction of sp³-hybridized carbons (Fsp3) is 0.556. The second kappa shape index (κ2) is 8.67. The lowest BCUT2D eigenvalue weighted by Crippen LogP contribution is -2.51. The van der Waals surface area contributed by atoms with E-state index in [-0.39, 0.29) is 24.4 Å². The van der Waals surface area contributed by atoms with Crippen LogP contribution in [0.5, 0.6) is 0 Å². The molecule has 1 aromatic rings. The van der Waals surface area contributed by atoms with E-state index in [1.165, 1.54) is 0 Å². The third kappa shape index (κ3) is 5.06. The summed E-state index contributed by atoms with van der Waals surface area (Å²) in [5.74, 6) is -0.270. The molecule has 0 bridgehead atoms. The Kier molecular flexibility index (Phi) is 6.59. The summed E-state index contributed by atoms with van der Waals surface area (Å²) in [4.78, 5) is 26.6. The molecule has 23 heavy (non-hydrogen) atoms. The summed E-state index contributed by atoms with van der Waals surface area (Å²) in [7, 11) is 0. The zero-order valence-electron chi connectivity index (χ0n) is 14.0. The number of benzene rings is 1. The highest BCUT2D eigenvalue weighted by atomic mass is 16.5. The second-order valence-corrected chi connectivity index (χ2v) is 6.22. The first-order valence-corrected chi connectivity index (χ1v) is 8.30. The van der Waals surface area contributed by atoms with Crippen molar-refractivity contribution in [2.45, 2.75) is 39.3 Å². The van der Waals surface area contributed by atoms with Crippen LogP contribution in [0.1, 0.15) is 32.3 Å². The SMILES string of the molecule is CC(C)[C@@H](C(=O)OCc1ccccc1)N1CCCNCCC1=O. The van der Waals surface area contributed by atoms with E-state index in [1.54, 1.807) is 4.90 Å². The average molecular weight is 318 g/mol. The topological polar surface area (TPSA) is 58.6 Å². The molecule has 1 aliphatic rings. The zero-order valence-corrected chi connectivity index (χ0v) is 14.0. The van der Waals surface area contributed by atoms with Crippen molar-refractivity contribution >= 4 is 11.9 Å². The molecule has 2 rings (SSSR count). The highest BCUT2D eigenvalue weighted by molar-refractivity contribution is 5.85. The second-order valence-electron chi connectivity index (χ2n) is 6.22. The predicted molar refractivity (Wildman–Crippen MR) is 88.7 cm³/mol. The van der Waals surface area contributed by atoms with Gasteiger partial charge >= 0.3 is 5.97 Å². The third-order valence-corrected chi connectivity index (χ3v) is 4.02. The van der Waals surface area contributed by atoms with Crippen molar-refractivity contribution in [1.82, 2.24) is 10.2 Å². The number of hydrogen-bond acceptors (Lipinski definition) is 4. The molecule has 5 heteroatoms. The van der Waals surface area contributed by atoms with Gasteiger partial charge in [-0.15, -0.1) is 0 Å². The fourth-order valence-corrected chi connectivity index (χ4v) is 2.83. The lowest BCUT2D eigenvalue weighted by molar-refractivity contribution is -0.158. The van der Waals surface area contributed by atoms with Crippen LogP contribution in [-0.2, 0) is 20.9 Å². The Morgan fingerprint density at radius 1 is 1.26 bits per heavy atom. The monoisotopic (exact) mass is 318 g/mol. The van der Waals surface area contributed by atoms with E-state index in [9.17, 15) is 9.59 Å². The molecule has 0 aliphatic carbocycles. The summed E-state index contributed by atoms with van der Waals surface area (Å²) in [6, 6.07) is 9.09. The average Bonchev–Trinajstić information content (AvgIpc) is 2.53. The van der Waals surface area contributed by atoms with Gasteiger partial charge in [0.05, 0.1) is 0 Å². The van der Waals surface area contributed by atoms with Gasteiger partial charge in [-0.2, -0.15) is 0 Å². The van der Waals surface area contributed by atoms with E-state index >= 15 is 0 Å². The van der Waals surface area contributed by atoms with Gasteiger partial charge in [0.1, 0.15) is 12.6 Å². The van der Waals surface area contributed by atoms with Crippen LogP contribution < -0.4 is 5.32 Å². The molecule has 0 aromatic heterocycles. The van der Waals surface area contributed by atoms with Gasteiger partial charge in [0, 0.05) is 19.5 Å². The van der Waals surface area contributed by atoms with Crippen molar-refractivity contribution < 1.29 is 14.3 Å². The Morgan fingerprint density at radius 3 is 2.70 bits per heavy atom. The molecule has 1 aromatic carbocycles. The normalized spacial score (nSPS) is 17.5. The quantitative estimate of drug-likeness (QED) is 0.843. The van der Waals surface area contributed by atoms with E-state index in [0.717, 1.165) is 18.5 Å². The van der Waals surface area contributed by atoms with Crippen LogP contribution in [0.3, 0.4) is 0 Å². The summed E-state index contributed by atoms with van der Waals surface area (Å²) in [5, 5.41) is 3.22. The first-order chi connectivity index (χ1) is 11.1. The maximum absolute atomic E-state index is 12.6. The number of amides is 1.